The van der Waals surface area contributed by atoms with Crippen LogP contribution in [0.2, 0.25) is 0 Å². The van der Waals surface area contributed by atoms with Gasteiger partial charge in [0.05, 0.1) is 0 Å². The van der Waals surface area contributed by atoms with E-state index < -0.39 is 14.7 Å². The van der Waals surface area contributed by atoms with E-state index in [1.807, 2.05) is 0 Å². The normalized spacial score (nSPS) is 5.40. The van der Waals surface area contributed by atoms with E-state index >= 15 is 0 Å². The second-order valence-corrected chi connectivity index (χ2v) is 34.2. The molecule has 0 fully saturated rings. The summed E-state index contributed by atoms with van der Waals surface area (Å²) in [5.41, 5.74) is 0. The molecule has 0 unspecified atom stereocenters. The molecule has 0 saturated heterocycles. The fourth-order valence-corrected chi connectivity index (χ4v) is 0. The predicted molar refractivity (Wildman–Crippen MR) is 33.5 cm³/mol. The number of rotatable bonds is 0. The molecule has 0 spiro atoms. The Morgan fingerprint density at radius 2 is 1.00 bits per heavy atom. The summed E-state index contributed by atoms with van der Waals surface area (Å²) in [5, 5.41) is 0. The Labute approximate surface area is 57.7 Å². The summed E-state index contributed by atoms with van der Waals surface area (Å²) in [5.74, 6) is 0. The van der Waals surface area contributed by atoms with Gasteiger partial charge in [-0.1, -0.05) is 7.43 Å². The molecule has 0 aromatic heterocycles. The second kappa shape index (κ2) is 6.32. The molecule has 0 nitrogen and oxygen atoms in total. The maximum absolute atomic E-state index is 3.30. The van der Waals surface area contributed by atoms with Crippen LogP contribution in [0.4, 0.5) is 0 Å². The van der Waals surface area contributed by atoms with Crippen molar-refractivity contribution < 1.29 is 14.7 Å². The van der Waals surface area contributed by atoms with Crippen LogP contribution in [0.25, 0.3) is 0 Å². The first-order chi connectivity index (χ1) is 1.73. The van der Waals surface area contributed by atoms with Crippen molar-refractivity contribution in [3.05, 3.63) is 0 Å². The molecule has 4 heteroatoms. The molecule has 33 valence electrons. The SMILES string of the molecule is C.[Br][Zr]([Br])[Br]. The van der Waals surface area contributed by atoms with Crippen molar-refractivity contribution in [2.75, 3.05) is 0 Å². The van der Waals surface area contributed by atoms with Gasteiger partial charge in [0.15, 0.2) is 0 Å². The molecule has 5 heavy (non-hydrogen) atoms. The molecular formula is CH4Br3Zr. The number of hydrogen-bond acceptors (Lipinski definition) is 0. The Balaban J connectivity index is 0. The summed E-state index contributed by atoms with van der Waals surface area (Å²) in [6.45, 7) is 0. The molecule has 0 N–H and O–H groups in total. The van der Waals surface area contributed by atoms with Crippen molar-refractivity contribution in [3.8, 4) is 0 Å². The van der Waals surface area contributed by atoms with Crippen molar-refractivity contribution in [1.82, 2.24) is 0 Å². The van der Waals surface area contributed by atoms with Gasteiger partial charge in [0.2, 0.25) is 0 Å². The summed E-state index contributed by atoms with van der Waals surface area (Å²) in [6, 6.07) is 0. The van der Waals surface area contributed by atoms with Crippen LogP contribution >= 0.6 is 36.7 Å². The predicted octanol–water partition coefficient (Wildman–Crippen LogP) is 3.17. The van der Waals surface area contributed by atoms with Crippen LogP contribution in [0.1, 0.15) is 7.43 Å². The van der Waals surface area contributed by atoms with Crippen molar-refractivity contribution in [1.29, 1.82) is 0 Å². The van der Waals surface area contributed by atoms with Gasteiger partial charge in [0.1, 0.15) is 0 Å². The summed E-state index contributed by atoms with van der Waals surface area (Å²) in [6.07, 6.45) is 0. The molecule has 0 heterocycles. The molecule has 0 aromatic carbocycles. The van der Waals surface area contributed by atoms with Gasteiger partial charge in [-0.25, -0.2) is 0 Å². The zero-order valence-corrected chi connectivity index (χ0v) is 8.85. The third-order valence-corrected chi connectivity index (χ3v) is 0. The first-order valence-corrected chi connectivity index (χ1v) is 17.4. The summed E-state index contributed by atoms with van der Waals surface area (Å²) in [4.78, 5) is 0. The Kier molecular flexibility index (Phi) is 13.1. The Bertz CT molecular complexity index is 11.6. The van der Waals surface area contributed by atoms with Crippen LogP contribution in [0.15, 0.2) is 0 Å². The maximum atomic E-state index is 3.30. The molecule has 0 saturated carbocycles. The molecule has 0 aliphatic heterocycles. The summed E-state index contributed by atoms with van der Waals surface area (Å²) in [7, 11) is 0. The summed E-state index contributed by atoms with van der Waals surface area (Å²) < 4.78 is 0. The topological polar surface area (TPSA) is 0 Å². The minimum atomic E-state index is -1.11. The molecule has 0 radical (unpaired) electrons. The van der Waals surface area contributed by atoms with Gasteiger partial charge >= 0.3 is 51.4 Å². The third-order valence-electron chi connectivity index (χ3n) is 0. The van der Waals surface area contributed by atoms with Crippen LogP contribution in [-0.4, -0.2) is 0 Å². The van der Waals surface area contributed by atoms with Crippen LogP contribution < -0.4 is 0 Å². The van der Waals surface area contributed by atoms with Gasteiger partial charge in [0, 0.05) is 0 Å². The van der Waals surface area contributed by atoms with Crippen LogP contribution in [0.5, 0.6) is 0 Å². The molecule has 0 aliphatic rings. The quantitative estimate of drug-likeness (QED) is 0.632. The Morgan fingerprint density at radius 1 is 1.00 bits per heavy atom. The molecule has 0 bridgehead atoms. The van der Waals surface area contributed by atoms with E-state index in [0.717, 1.165) is 0 Å². The summed E-state index contributed by atoms with van der Waals surface area (Å²) >= 11 is 8.80. The second-order valence-electron chi connectivity index (χ2n) is 0.214. The van der Waals surface area contributed by atoms with Crippen LogP contribution in [0, 0.1) is 0 Å². The van der Waals surface area contributed by atoms with Crippen molar-refractivity contribution in [3.63, 3.8) is 0 Å². The van der Waals surface area contributed by atoms with Crippen molar-refractivity contribution in [2.24, 2.45) is 0 Å². The van der Waals surface area contributed by atoms with Gasteiger partial charge in [-0.3, -0.25) is 0 Å². The van der Waals surface area contributed by atoms with Gasteiger partial charge in [0.25, 0.3) is 0 Å². The van der Waals surface area contributed by atoms with E-state index in [0.29, 0.717) is 0 Å². The number of halogens is 3. The number of hydrogen-bond donors (Lipinski definition) is 0. The van der Waals surface area contributed by atoms with Crippen molar-refractivity contribution >= 4 is 36.7 Å². The van der Waals surface area contributed by atoms with E-state index in [1.165, 1.54) is 0 Å². The van der Waals surface area contributed by atoms with Crippen LogP contribution in [-0.2, 0) is 14.7 Å². The van der Waals surface area contributed by atoms with E-state index in [1.54, 1.807) is 0 Å². The van der Waals surface area contributed by atoms with E-state index in [4.69, 9.17) is 0 Å². The van der Waals surface area contributed by atoms with Gasteiger partial charge in [-0.2, -0.15) is 0 Å². The molecule has 0 rings (SSSR count). The molecule has 0 aromatic rings. The first-order valence-electron chi connectivity index (χ1n) is 0.567. The molecular weight excluding hydrogens is 343 g/mol. The van der Waals surface area contributed by atoms with Gasteiger partial charge in [-0.15, -0.1) is 0 Å². The first kappa shape index (κ1) is 10.3. The van der Waals surface area contributed by atoms with Crippen molar-refractivity contribution in [2.45, 2.75) is 7.43 Å². The van der Waals surface area contributed by atoms with Gasteiger partial charge < -0.3 is 0 Å². The Morgan fingerprint density at radius 3 is 1.00 bits per heavy atom. The van der Waals surface area contributed by atoms with E-state index in [2.05, 4.69) is 36.7 Å². The standard InChI is InChI=1S/CH4.3BrH.Zr/h1H4;3*1H;/q;;;;+3/p-3. The zero-order valence-electron chi connectivity index (χ0n) is 1.63. The average Bonchev–Trinajstić information content (AvgIpc) is 0.811. The monoisotopic (exact) mass is 343 g/mol. The fourth-order valence-electron chi connectivity index (χ4n) is 0. The van der Waals surface area contributed by atoms with Gasteiger partial charge in [-0.05, 0) is 0 Å². The average molecular weight is 347 g/mol. The molecule has 0 atom stereocenters. The zero-order chi connectivity index (χ0) is 3.58. The fraction of sp³-hybridized carbons (Fsp3) is 1.00. The Hall–Kier alpha value is 2.32. The third kappa shape index (κ3) is 21.9. The van der Waals surface area contributed by atoms with E-state index in [9.17, 15) is 0 Å². The van der Waals surface area contributed by atoms with E-state index in [-0.39, 0.29) is 7.43 Å². The minimum absolute atomic E-state index is 0. The van der Waals surface area contributed by atoms with Crippen LogP contribution in [0.3, 0.4) is 0 Å². The molecule has 0 amide bonds. The molecule has 0 aliphatic carbocycles.